The van der Waals surface area contributed by atoms with Crippen LogP contribution in [0.25, 0.3) is 0 Å². The molecule has 0 aliphatic heterocycles. The monoisotopic (exact) mass is 240 g/mol. The summed E-state index contributed by atoms with van der Waals surface area (Å²) in [6.45, 7) is 0. The topological polar surface area (TPSA) is 32.6 Å². The van der Waals surface area contributed by atoms with Gasteiger partial charge in [0.15, 0.2) is 0 Å². The Morgan fingerprint density at radius 1 is 1.75 bits per heavy atom. The molecule has 1 fully saturated rings. The molecular formula is C4H4Br2NO. The second-order valence-electron chi connectivity index (χ2n) is 1.58. The summed E-state index contributed by atoms with van der Waals surface area (Å²) in [6.07, 6.45) is 2.72. The Labute approximate surface area is 64.2 Å². The first-order valence-electron chi connectivity index (χ1n) is 2.10. The van der Waals surface area contributed by atoms with E-state index >= 15 is 0 Å². The summed E-state index contributed by atoms with van der Waals surface area (Å²) in [7, 11) is 0. The molecule has 4 heteroatoms. The van der Waals surface area contributed by atoms with Crippen molar-refractivity contribution in [1.29, 1.82) is 0 Å². The van der Waals surface area contributed by atoms with Gasteiger partial charge >= 0.3 is 0 Å². The van der Waals surface area contributed by atoms with Crippen molar-refractivity contribution >= 4 is 37.6 Å². The molecule has 0 aromatic carbocycles. The van der Waals surface area contributed by atoms with E-state index < -0.39 is 0 Å². The molecule has 1 radical (unpaired) electrons. The van der Waals surface area contributed by atoms with Crippen LogP contribution in [0, 0.1) is 6.42 Å². The SMILES string of the molecule is ON=C1C[CH]C1(Br)Br. The Kier molecular flexibility index (Phi) is 1.63. The van der Waals surface area contributed by atoms with Crippen LogP contribution in [0.4, 0.5) is 0 Å². The van der Waals surface area contributed by atoms with Crippen LogP contribution in [0.15, 0.2) is 5.16 Å². The molecule has 2 nitrogen and oxygen atoms in total. The zero-order chi connectivity index (χ0) is 6.20. The molecule has 8 heavy (non-hydrogen) atoms. The standard InChI is InChI=1S/C4H4Br2NO/c5-4(6)2-1-3(4)7-8/h2,8H,1H2. The number of hydrogen-bond acceptors (Lipinski definition) is 2. The van der Waals surface area contributed by atoms with Crippen LogP contribution in [0.5, 0.6) is 0 Å². The highest BCUT2D eigenvalue weighted by molar-refractivity contribution is 9.26. The van der Waals surface area contributed by atoms with Crippen LogP contribution in [0.2, 0.25) is 0 Å². The normalized spacial score (nSPS) is 30.0. The van der Waals surface area contributed by atoms with Crippen molar-refractivity contribution in [3.8, 4) is 0 Å². The third-order valence-electron chi connectivity index (χ3n) is 1.06. The second-order valence-corrected chi connectivity index (χ2v) is 5.14. The number of halogens is 2. The third kappa shape index (κ3) is 0.910. The van der Waals surface area contributed by atoms with Gasteiger partial charge in [-0.3, -0.25) is 0 Å². The zero-order valence-corrected chi connectivity index (χ0v) is 7.11. The Morgan fingerprint density at radius 3 is 2.38 bits per heavy atom. The summed E-state index contributed by atoms with van der Waals surface area (Å²) in [4.78, 5) is 0. The average molecular weight is 242 g/mol. The molecule has 1 aliphatic carbocycles. The number of alkyl halides is 2. The Balaban J connectivity index is 2.63. The predicted molar refractivity (Wildman–Crippen MR) is 38.7 cm³/mol. The minimum absolute atomic E-state index is 0.311. The third-order valence-corrected chi connectivity index (χ3v) is 2.62. The summed E-state index contributed by atoms with van der Waals surface area (Å²) in [6, 6.07) is 0. The van der Waals surface area contributed by atoms with Crippen LogP contribution < -0.4 is 0 Å². The summed E-state index contributed by atoms with van der Waals surface area (Å²) in [5, 5.41) is 11.3. The molecule has 1 aliphatic rings. The van der Waals surface area contributed by atoms with Gasteiger partial charge < -0.3 is 5.21 Å². The highest BCUT2D eigenvalue weighted by Crippen LogP contribution is 2.42. The first kappa shape index (κ1) is 6.55. The molecule has 0 saturated heterocycles. The molecule has 0 spiro atoms. The fraction of sp³-hybridized carbons (Fsp3) is 0.500. The minimum Gasteiger partial charge on any atom is -0.411 e. The van der Waals surface area contributed by atoms with Crippen molar-refractivity contribution in [1.82, 2.24) is 0 Å². The van der Waals surface area contributed by atoms with Crippen LogP contribution in [-0.4, -0.2) is 14.2 Å². The number of rotatable bonds is 0. The Bertz CT molecular complexity index is 132. The lowest BCUT2D eigenvalue weighted by molar-refractivity contribution is 0.315. The molecule has 0 aromatic rings. The fourth-order valence-electron chi connectivity index (χ4n) is 0.455. The van der Waals surface area contributed by atoms with Crippen LogP contribution in [0.3, 0.4) is 0 Å². The minimum atomic E-state index is -0.311. The molecule has 0 heterocycles. The lowest BCUT2D eigenvalue weighted by atomic mass is 9.97. The van der Waals surface area contributed by atoms with Gasteiger partial charge in [-0.25, -0.2) is 0 Å². The summed E-state index contributed by atoms with van der Waals surface area (Å²) < 4.78 is -0.311. The Hall–Kier alpha value is 0.430. The van der Waals surface area contributed by atoms with Crippen molar-refractivity contribution in [3.05, 3.63) is 6.42 Å². The van der Waals surface area contributed by atoms with E-state index in [4.69, 9.17) is 5.21 Å². The zero-order valence-electron chi connectivity index (χ0n) is 3.93. The van der Waals surface area contributed by atoms with E-state index in [1.54, 1.807) is 0 Å². The molecule has 0 unspecified atom stereocenters. The van der Waals surface area contributed by atoms with E-state index in [1.165, 1.54) is 0 Å². The van der Waals surface area contributed by atoms with Gasteiger partial charge in [-0.05, 0) is 6.42 Å². The van der Waals surface area contributed by atoms with Gasteiger partial charge in [-0.2, -0.15) is 0 Å². The van der Waals surface area contributed by atoms with Gasteiger partial charge in [0.2, 0.25) is 0 Å². The number of hydrogen-bond donors (Lipinski definition) is 1. The predicted octanol–water partition coefficient (Wildman–Crippen LogP) is 1.91. The molecule has 1 saturated carbocycles. The molecule has 0 bridgehead atoms. The maximum atomic E-state index is 8.23. The molecule has 1 N–H and O–H groups in total. The quantitative estimate of drug-likeness (QED) is 0.392. The van der Waals surface area contributed by atoms with Crippen molar-refractivity contribution in [2.24, 2.45) is 5.16 Å². The average Bonchev–Trinajstić information content (AvgIpc) is 1.66. The van der Waals surface area contributed by atoms with E-state index in [-0.39, 0.29) is 3.23 Å². The largest absolute Gasteiger partial charge is 0.411 e. The first-order chi connectivity index (χ1) is 3.67. The second kappa shape index (κ2) is 1.99. The highest BCUT2D eigenvalue weighted by Gasteiger charge is 2.39. The number of oxime groups is 1. The number of nitrogens with zero attached hydrogens (tertiary/aromatic N) is 1. The summed E-state index contributed by atoms with van der Waals surface area (Å²) >= 11 is 6.52. The summed E-state index contributed by atoms with van der Waals surface area (Å²) in [5.74, 6) is 0. The first-order valence-corrected chi connectivity index (χ1v) is 3.69. The molecular weight excluding hydrogens is 238 g/mol. The molecule has 0 amide bonds. The maximum absolute atomic E-state index is 8.23. The van der Waals surface area contributed by atoms with Crippen LogP contribution >= 0.6 is 31.9 Å². The van der Waals surface area contributed by atoms with Gasteiger partial charge in [-0.1, -0.05) is 37.0 Å². The van der Waals surface area contributed by atoms with E-state index in [9.17, 15) is 0 Å². The van der Waals surface area contributed by atoms with Crippen molar-refractivity contribution in [2.75, 3.05) is 0 Å². The fourth-order valence-corrected chi connectivity index (χ4v) is 1.26. The molecule has 0 aromatic heterocycles. The van der Waals surface area contributed by atoms with Gasteiger partial charge in [0.1, 0.15) is 3.23 Å². The lowest BCUT2D eigenvalue weighted by Gasteiger charge is -2.29. The van der Waals surface area contributed by atoms with Gasteiger partial charge in [-0.15, -0.1) is 0 Å². The van der Waals surface area contributed by atoms with Crippen LogP contribution in [0.1, 0.15) is 6.42 Å². The molecule has 45 valence electrons. The molecule has 0 atom stereocenters. The van der Waals surface area contributed by atoms with Gasteiger partial charge in [0, 0.05) is 6.42 Å². The van der Waals surface area contributed by atoms with Crippen LogP contribution in [-0.2, 0) is 0 Å². The van der Waals surface area contributed by atoms with E-state index in [0.29, 0.717) is 0 Å². The van der Waals surface area contributed by atoms with Crippen molar-refractivity contribution in [3.63, 3.8) is 0 Å². The van der Waals surface area contributed by atoms with E-state index in [2.05, 4.69) is 37.0 Å². The maximum Gasteiger partial charge on any atom is 0.125 e. The van der Waals surface area contributed by atoms with E-state index in [0.717, 1.165) is 12.1 Å². The van der Waals surface area contributed by atoms with Crippen molar-refractivity contribution < 1.29 is 5.21 Å². The van der Waals surface area contributed by atoms with Gasteiger partial charge in [0.25, 0.3) is 0 Å². The smallest absolute Gasteiger partial charge is 0.125 e. The lowest BCUT2D eigenvalue weighted by Crippen LogP contribution is -2.36. The highest BCUT2D eigenvalue weighted by atomic mass is 79.9. The Morgan fingerprint density at radius 2 is 2.38 bits per heavy atom. The van der Waals surface area contributed by atoms with Crippen molar-refractivity contribution in [2.45, 2.75) is 9.65 Å². The molecule has 1 rings (SSSR count). The summed E-state index contributed by atoms with van der Waals surface area (Å²) in [5.41, 5.74) is 0.720. The van der Waals surface area contributed by atoms with E-state index in [1.807, 2.05) is 6.42 Å². The van der Waals surface area contributed by atoms with Gasteiger partial charge in [0.05, 0.1) is 5.71 Å².